The Bertz CT molecular complexity index is 630. The number of nitrogens with one attached hydrogen (secondary N) is 2. The van der Waals surface area contributed by atoms with Crippen LogP contribution in [0.5, 0.6) is 5.75 Å². The van der Waals surface area contributed by atoms with Gasteiger partial charge < -0.3 is 15.4 Å². The number of carbonyl (C=O) groups excluding carboxylic acids is 1. The van der Waals surface area contributed by atoms with Crippen LogP contribution < -0.4 is 15.4 Å². The fourth-order valence-corrected chi connectivity index (χ4v) is 2.58. The highest BCUT2D eigenvalue weighted by atomic mass is 32.1. The van der Waals surface area contributed by atoms with Crippen molar-refractivity contribution in [2.45, 2.75) is 19.3 Å². The highest BCUT2D eigenvalue weighted by Gasteiger charge is 2.31. The molecule has 0 radical (unpaired) electrons. The van der Waals surface area contributed by atoms with Crippen LogP contribution in [0, 0.1) is 0 Å². The molecule has 0 saturated carbocycles. The van der Waals surface area contributed by atoms with Crippen LogP contribution in [0.2, 0.25) is 0 Å². The van der Waals surface area contributed by atoms with E-state index in [1.54, 1.807) is 17.4 Å². The molecule has 0 aliphatic carbocycles. The molecule has 8 heteroatoms. The summed E-state index contributed by atoms with van der Waals surface area (Å²) in [5, 5.41) is 7.12. The number of hydrogen-bond acceptors (Lipinski definition) is 3. The van der Waals surface area contributed by atoms with Crippen molar-refractivity contribution in [2.24, 2.45) is 0 Å². The molecule has 2 N–H and O–H groups in total. The lowest BCUT2D eigenvalue weighted by molar-refractivity contribution is -0.274. The second kappa shape index (κ2) is 7.87. The molecule has 2 aromatic rings. The van der Waals surface area contributed by atoms with Gasteiger partial charge in [0.1, 0.15) is 5.75 Å². The summed E-state index contributed by atoms with van der Waals surface area (Å²) in [4.78, 5) is 12.8. The van der Waals surface area contributed by atoms with E-state index >= 15 is 0 Å². The Morgan fingerprint density at radius 2 is 1.91 bits per heavy atom. The van der Waals surface area contributed by atoms with Gasteiger partial charge in [0.2, 0.25) is 0 Å². The third kappa shape index (κ3) is 6.19. The van der Waals surface area contributed by atoms with Crippen LogP contribution in [-0.4, -0.2) is 18.9 Å². The summed E-state index contributed by atoms with van der Waals surface area (Å²) in [5.41, 5.74) is 0.248. The summed E-state index contributed by atoms with van der Waals surface area (Å²) >= 11 is 1.60. The molecule has 4 nitrogen and oxygen atoms in total. The van der Waals surface area contributed by atoms with E-state index in [4.69, 9.17) is 0 Å². The number of urea groups is 1. The monoisotopic (exact) mass is 344 g/mol. The van der Waals surface area contributed by atoms with E-state index in [-0.39, 0.29) is 17.9 Å². The number of para-hydroxylation sites is 1. The van der Waals surface area contributed by atoms with Gasteiger partial charge in [0.25, 0.3) is 0 Å². The quantitative estimate of drug-likeness (QED) is 0.840. The maximum Gasteiger partial charge on any atom is 0.573 e. The minimum absolute atomic E-state index is 0.0584. The van der Waals surface area contributed by atoms with Crippen LogP contribution in [0.4, 0.5) is 18.0 Å². The van der Waals surface area contributed by atoms with Gasteiger partial charge >= 0.3 is 12.4 Å². The smallest absolute Gasteiger partial charge is 0.405 e. The average Bonchev–Trinajstić information content (AvgIpc) is 2.98. The molecular formula is C15H15F3N2O2S. The lowest BCUT2D eigenvalue weighted by Gasteiger charge is -2.13. The minimum atomic E-state index is -4.76. The molecule has 1 heterocycles. The summed E-state index contributed by atoms with van der Waals surface area (Å²) in [6, 6.07) is 9.14. The standard InChI is InChI=1S/C15H15F3N2O2S/c16-15(17,18)22-13-6-2-1-4-11(13)10-20-14(21)19-8-7-12-5-3-9-23-12/h1-6,9H,7-8,10H2,(H2,19,20,21). The highest BCUT2D eigenvalue weighted by Crippen LogP contribution is 2.25. The third-order valence-electron chi connectivity index (χ3n) is 2.87. The second-order valence-electron chi connectivity index (χ2n) is 4.59. The summed E-state index contributed by atoms with van der Waals surface area (Å²) < 4.78 is 40.8. The van der Waals surface area contributed by atoms with E-state index in [1.165, 1.54) is 18.2 Å². The summed E-state index contributed by atoms with van der Waals surface area (Å²) in [6.07, 6.45) is -4.06. The van der Waals surface area contributed by atoms with Crippen molar-refractivity contribution in [3.05, 3.63) is 52.2 Å². The Morgan fingerprint density at radius 3 is 2.61 bits per heavy atom. The SMILES string of the molecule is O=C(NCCc1cccs1)NCc1ccccc1OC(F)(F)F. The number of alkyl halides is 3. The number of carbonyl (C=O) groups is 1. The molecule has 0 aliphatic heterocycles. The number of ether oxygens (including phenoxy) is 1. The molecule has 0 unspecified atom stereocenters. The molecular weight excluding hydrogens is 329 g/mol. The van der Waals surface area contributed by atoms with Gasteiger partial charge in [0, 0.05) is 23.5 Å². The zero-order valence-corrected chi connectivity index (χ0v) is 12.8. The predicted molar refractivity (Wildman–Crippen MR) is 81.4 cm³/mol. The Balaban J connectivity index is 1.79. The van der Waals surface area contributed by atoms with Gasteiger partial charge in [0.05, 0.1) is 0 Å². The molecule has 0 aliphatic rings. The van der Waals surface area contributed by atoms with Crippen molar-refractivity contribution in [3.63, 3.8) is 0 Å². The largest absolute Gasteiger partial charge is 0.573 e. The second-order valence-corrected chi connectivity index (χ2v) is 5.63. The number of amides is 2. The normalized spacial score (nSPS) is 11.1. The Hall–Kier alpha value is -2.22. The fourth-order valence-electron chi connectivity index (χ4n) is 1.87. The van der Waals surface area contributed by atoms with E-state index < -0.39 is 12.4 Å². The van der Waals surface area contributed by atoms with Gasteiger partial charge in [0.15, 0.2) is 0 Å². The first kappa shape index (κ1) is 17.1. The first-order valence-corrected chi connectivity index (χ1v) is 7.70. The first-order valence-electron chi connectivity index (χ1n) is 6.82. The zero-order chi connectivity index (χ0) is 16.7. The number of halogens is 3. The number of rotatable bonds is 6. The minimum Gasteiger partial charge on any atom is -0.405 e. The van der Waals surface area contributed by atoms with Crippen molar-refractivity contribution < 1.29 is 22.7 Å². The molecule has 23 heavy (non-hydrogen) atoms. The highest BCUT2D eigenvalue weighted by molar-refractivity contribution is 7.09. The molecule has 2 rings (SSSR count). The van der Waals surface area contributed by atoms with Gasteiger partial charge in [-0.25, -0.2) is 4.79 Å². The number of thiophene rings is 1. The zero-order valence-electron chi connectivity index (χ0n) is 12.0. The third-order valence-corrected chi connectivity index (χ3v) is 3.81. The van der Waals surface area contributed by atoms with Gasteiger partial charge in [-0.3, -0.25) is 0 Å². The molecule has 0 atom stereocenters. The van der Waals surface area contributed by atoms with Crippen molar-refractivity contribution in [1.29, 1.82) is 0 Å². The van der Waals surface area contributed by atoms with E-state index in [0.717, 1.165) is 4.88 Å². The summed E-state index contributed by atoms with van der Waals surface area (Å²) in [5.74, 6) is -0.320. The van der Waals surface area contributed by atoms with Crippen LogP contribution >= 0.6 is 11.3 Å². The maximum atomic E-state index is 12.3. The molecule has 1 aromatic heterocycles. The van der Waals surface area contributed by atoms with Crippen molar-refractivity contribution in [2.75, 3.05) is 6.54 Å². The van der Waals surface area contributed by atoms with Gasteiger partial charge in [-0.15, -0.1) is 24.5 Å². The summed E-state index contributed by atoms with van der Waals surface area (Å²) in [6.45, 7) is 0.393. The van der Waals surface area contributed by atoms with Crippen LogP contribution in [-0.2, 0) is 13.0 Å². The molecule has 0 spiro atoms. The van der Waals surface area contributed by atoms with Gasteiger partial charge in [-0.2, -0.15) is 0 Å². The number of hydrogen-bond donors (Lipinski definition) is 2. The van der Waals surface area contributed by atoms with Crippen LogP contribution in [0.15, 0.2) is 41.8 Å². The summed E-state index contributed by atoms with van der Waals surface area (Å²) in [7, 11) is 0. The van der Waals surface area contributed by atoms with Gasteiger partial charge in [-0.05, 0) is 23.9 Å². The van der Waals surface area contributed by atoms with E-state index in [2.05, 4.69) is 15.4 Å². The predicted octanol–water partition coefficient (Wildman–Crippen LogP) is 3.69. The molecule has 1 aromatic carbocycles. The molecule has 2 amide bonds. The lowest BCUT2D eigenvalue weighted by atomic mass is 10.2. The van der Waals surface area contributed by atoms with Crippen molar-refractivity contribution in [1.82, 2.24) is 10.6 Å². The van der Waals surface area contributed by atoms with E-state index in [1.807, 2.05) is 17.5 Å². The Labute approximate surface area is 135 Å². The van der Waals surface area contributed by atoms with Crippen LogP contribution in [0.3, 0.4) is 0 Å². The molecule has 0 bridgehead atoms. The molecule has 124 valence electrons. The Kier molecular flexibility index (Phi) is 5.86. The van der Waals surface area contributed by atoms with Crippen LogP contribution in [0.1, 0.15) is 10.4 Å². The van der Waals surface area contributed by atoms with Crippen LogP contribution in [0.25, 0.3) is 0 Å². The maximum absolute atomic E-state index is 12.3. The number of benzene rings is 1. The topological polar surface area (TPSA) is 50.4 Å². The fraction of sp³-hybridized carbons (Fsp3) is 0.267. The van der Waals surface area contributed by atoms with Crippen molar-refractivity contribution >= 4 is 17.4 Å². The molecule has 0 saturated heterocycles. The van der Waals surface area contributed by atoms with Crippen molar-refractivity contribution in [3.8, 4) is 5.75 Å². The Morgan fingerprint density at radius 1 is 1.13 bits per heavy atom. The van der Waals surface area contributed by atoms with E-state index in [0.29, 0.717) is 13.0 Å². The molecule has 0 fully saturated rings. The van der Waals surface area contributed by atoms with Gasteiger partial charge in [-0.1, -0.05) is 24.3 Å². The first-order chi connectivity index (χ1) is 10.9. The average molecular weight is 344 g/mol. The lowest BCUT2D eigenvalue weighted by Crippen LogP contribution is -2.36. The van der Waals surface area contributed by atoms with E-state index in [9.17, 15) is 18.0 Å².